The first-order chi connectivity index (χ1) is 14.4. The van der Waals surface area contributed by atoms with Crippen LogP contribution in [0.5, 0.6) is 0 Å². The van der Waals surface area contributed by atoms with Gasteiger partial charge < -0.3 is 4.90 Å². The van der Waals surface area contributed by atoms with Crippen LogP contribution in [0.15, 0.2) is 99.7 Å². The average molecular weight is 455 g/mol. The van der Waals surface area contributed by atoms with Gasteiger partial charge in [0, 0.05) is 27.7 Å². The molecule has 0 unspecified atom stereocenters. The molecule has 5 heteroatoms. The summed E-state index contributed by atoms with van der Waals surface area (Å²) < 4.78 is 0. The summed E-state index contributed by atoms with van der Waals surface area (Å²) in [7, 11) is 0. The van der Waals surface area contributed by atoms with Gasteiger partial charge in [0.15, 0.2) is 0 Å². The van der Waals surface area contributed by atoms with Gasteiger partial charge in [-0.3, -0.25) is 0 Å². The minimum atomic E-state index is 0. The molecule has 1 aliphatic rings. The molecule has 0 bridgehead atoms. The molecular formula is C25H27ClN2S2. The van der Waals surface area contributed by atoms with Gasteiger partial charge in [-0.05, 0) is 50.2 Å². The number of halogens is 1. The molecule has 0 spiro atoms. The summed E-state index contributed by atoms with van der Waals surface area (Å²) in [6, 6.07) is 29.4. The van der Waals surface area contributed by atoms with E-state index in [0.29, 0.717) is 0 Å². The quantitative estimate of drug-likeness (QED) is 0.214. The summed E-state index contributed by atoms with van der Waals surface area (Å²) in [5.74, 6) is 1.13. The number of hydrogen-bond donors (Lipinski definition) is 0. The van der Waals surface area contributed by atoms with Crippen LogP contribution in [0.4, 0.5) is 5.69 Å². The normalized spacial score (nSPS) is 14.5. The largest absolute Gasteiger partial charge is 0.303 e. The number of hydrogen-bond acceptors (Lipinski definition) is 4. The van der Waals surface area contributed by atoms with Crippen LogP contribution in [0.1, 0.15) is 18.4 Å². The highest BCUT2D eigenvalue weighted by molar-refractivity contribution is 8.15. The highest BCUT2D eigenvalue weighted by Gasteiger charge is 2.13. The van der Waals surface area contributed by atoms with Gasteiger partial charge in [-0.25, -0.2) is 4.99 Å². The van der Waals surface area contributed by atoms with E-state index in [1.807, 2.05) is 30.0 Å². The molecule has 3 aromatic rings. The van der Waals surface area contributed by atoms with Gasteiger partial charge in [0.05, 0.1) is 5.69 Å². The molecule has 0 aliphatic carbocycles. The number of para-hydroxylation sites is 1. The molecule has 0 aromatic heterocycles. The van der Waals surface area contributed by atoms with Gasteiger partial charge in [0.1, 0.15) is 5.04 Å². The Balaban J connectivity index is 0.00000256. The topological polar surface area (TPSA) is 15.6 Å². The Morgan fingerprint density at radius 2 is 1.37 bits per heavy atom. The number of nitrogens with zero attached hydrogens (tertiary/aromatic N) is 2. The SMILES string of the molecule is Cl.c1ccc(N=C(Sc2ccccc2SCCN2CCCC2)c2ccccc2)cc1. The molecular weight excluding hydrogens is 428 g/mol. The van der Waals surface area contributed by atoms with Crippen molar-refractivity contribution in [2.75, 3.05) is 25.4 Å². The first kappa shape index (κ1) is 23.0. The number of aliphatic imine (C=N–C) groups is 1. The zero-order valence-corrected chi connectivity index (χ0v) is 19.4. The van der Waals surface area contributed by atoms with Crippen molar-refractivity contribution in [2.24, 2.45) is 4.99 Å². The Morgan fingerprint density at radius 1 is 0.767 bits per heavy atom. The molecule has 1 aliphatic heterocycles. The monoisotopic (exact) mass is 454 g/mol. The number of rotatable bonds is 7. The van der Waals surface area contributed by atoms with E-state index >= 15 is 0 Å². The second-order valence-electron chi connectivity index (χ2n) is 7.06. The lowest BCUT2D eigenvalue weighted by molar-refractivity contribution is 0.362. The van der Waals surface area contributed by atoms with Crippen molar-refractivity contribution in [1.29, 1.82) is 0 Å². The van der Waals surface area contributed by atoms with Crippen molar-refractivity contribution in [1.82, 2.24) is 4.90 Å². The van der Waals surface area contributed by atoms with E-state index in [0.717, 1.165) is 22.0 Å². The molecule has 0 saturated carbocycles. The lowest BCUT2D eigenvalue weighted by Crippen LogP contribution is -2.21. The minimum absolute atomic E-state index is 0. The summed E-state index contributed by atoms with van der Waals surface area (Å²) in [5, 5.41) is 1.03. The number of likely N-dealkylation sites (tertiary alicyclic amines) is 1. The highest BCUT2D eigenvalue weighted by Crippen LogP contribution is 2.34. The zero-order chi connectivity index (χ0) is 19.7. The van der Waals surface area contributed by atoms with Crippen LogP contribution in [-0.2, 0) is 0 Å². The summed E-state index contributed by atoms with van der Waals surface area (Å²) in [6.45, 7) is 3.70. The maximum atomic E-state index is 4.97. The molecule has 3 aromatic carbocycles. The first-order valence-corrected chi connectivity index (χ1v) is 12.0. The van der Waals surface area contributed by atoms with Crippen molar-refractivity contribution in [3.05, 3.63) is 90.5 Å². The number of benzene rings is 3. The molecule has 0 atom stereocenters. The highest BCUT2D eigenvalue weighted by atomic mass is 35.5. The fourth-order valence-electron chi connectivity index (χ4n) is 3.40. The van der Waals surface area contributed by atoms with Crippen LogP contribution in [0.2, 0.25) is 0 Å². The standard InChI is InChI=1S/C25H26N2S2.ClH/c1-3-11-21(12-4-1)25(26-22-13-5-2-6-14-22)29-24-16-8-7-15-23(24)28-20-19-27-17-9-10-18-27;/h1-8,11-16H,9-10,17-20H2;1H. The van der Waals surface area contributed by atoms with Crippen molar-refractivity contribution in [2.45, 2.75) is 22.6 Å². The van der Waals surface area contributed by atoms with E-state index in [4.69, 9.17) is 4.99 Å². The van der Waals surface area contributed by atoms with E-state index < -0.39 is 0 Å². The molecule has 156 valence electrons. The van der Waals surface area contributed by atoms with Crippen LogP contribution in [0.25, 0.3) is 0 Å². The van der Waals surface area contributed by atoms with Crippen LogP contribution >= 0.6 is 35.9 Å². The third-order valence-corrected chi connectivity index (χ3v) is 7.21. The lowest BCUT2D eigenvalue weighted by atomic mass is 10.2. The Labute approximate surface area is 194 Å². The maximum Gasteiger partial charge on any atom is 0.109 e. The van der Waals surface area contributed by atoms with Gasteiger partial charge in [0.25, 0.3) is 0 Å². The van der Waals surface area contributed by atoms with Gasteiger partial charge in [-0.2, -0.15) is 0 Å². The van der Waals surface area contributed by atoms with Crippen molar-refractivity contribution in [3.8, 4) is 0 Å². The third kappa shape index (κ3) is 6.64. The van der Waals surface area contributed by atoms with Gasteiger partial charge >= 0.3 is 0 Å². The van der Waals surface area contributed by atoms with E-state index in [-0.39, 0.29) is 12.4 Å². The smallest absolute Gasteiger partial charge is 0.109 e. The molecule has 0 amide bonds. The predicted molar refractivity (Wildman–Crippen MR) is 135 cm³/mol. The number of thioether (sulfide) groups is 2. The second-order valence-corrected chi connectivity index (χ2v) is 9.23. The molecule has 0 radical (unpaired) electrons. The van der Waals surface area contributed by atoms with Gasteiger partial charge in [-0.15, -0.1) is 24.2 Å². The lowest BCUT2D eigenvalue weighted by Gasteiger charge is -2.15. The van der Waals surface area contributed by atoms with Crippen LogP contribution in [0, 0.1) is 0 Å². The second kappa shape index (κ2) is 12.2. The molecule has 1 fully saturated rings. The van der Waals surface area contributed by atoms with Gasteiger partial charge in [0.2, 0.25) is 0 Å². The molecule has 4 rings (SSSR count). The van der Waals surface area contributed by atoms with E-state index in [1.54, 1.807) is 11.8 Å². The molecule has 2 nitrogen and oxygen atoms in total. The first-order valence-electron chi connectivity index (χ1n) is 10.2. The molecule has 0 N–H and O–H groups in total. The average Bonchev–Trinajstić information content (AvgIpc) is 3.29. The zero-order valence-electron chi connectivity index (χ0n) is 16.9. The van der Waals surface area contributed by atoms with Crippen molar-refractivity contribution in [3.63, 3.8) is 0 Å². The maximum absolute atomic E-state index is 4.97. The van der Waals surface area contributed by atoms with Gasteiger partial charge in [-0.1, -0.05) is 72.4 Å². The fraction of sp³-hybridized carbons (Fsp3) is 0.240. The van der Waals surface area contributed by atoms with E-state index in [9.17, 15) is 0 Å². The Hall–Kier alpha value is -1.72. The summed E-state index contributed by atoms with van der Waals surface area (Å²) in [4.78, 5) is 10.2. The fourth-order valence-corrected chi connectivity index (χ4v) is 5.58. The summed E-state index contributed by atoms with van der Waals surface area (Å²) >= 11 is 3.72. The third-order valence-electron chi connectivity index (χ3n) is 4.93. The molecule has 1 saturated heterocycles. The van der Waals surface area contributed by atoms with E-state index in [1.165, 1.54) is 42.3 Å². The Kier molecular flexibility index (Phi) is 9.34. The minimum Gasteiger partial charge on any atom is -0.303 e. The van der Waals surface area contributed by atoms with E-state index in [2.05, 4.69) is 71.6 Å². The summed E-state index contributed by atoms with van der Waals surface area (Å²) in [5.41, 5.74) is 2.14. The van der Waals surface area contributed by atoms with Crippen LogP contribution in [-0.4, -0.2) is 35.3 Å². The molecule has 1 heterocycles. The Bertz CT molecular complexity index is 926. The Morgan fingerprint density at radius 3 is 2.07 bits per heavy atom. The summed E-state index contributed by atoms with van der Waals surface area (Å²) in [6.07, 6.45) is 2.71. The molecule has 30 heavy (non-hydrogen) atoms. The van der Waals surface area contributed by atoms with Crippen LogP contribution < -0.4 is 0 Å². The van der Waals surface area contributed by atoms with Crippen molar-refractivity contribution >= 4 is 46.7 Å². The predicted octanol–water partition coefficient (Wildman–Crippen LogP) is 7.17. The van der Waals surface area contributed by atoms with Crippen LogP contribution in [0.3, 0.4) is 0 Å². The van der Waals surface area contributed by atoms with Crippen molar-refractivity contribution < 1.29 is 0 Å².